The lowest BCUT2D eigenvalue weighted by Crippen LogP contribution is -2.07. The highest BCUT2D eigenvalue weighted by Crippen LogP contribution is 2.12. The molecule has 2 N–H and O–H groups in total. The number of rotatable bonds is 7. The van der Waals surface area contributed by atoms with Crippen molar-refractivity contribution in [3.8, 4) is 5.75 Å². The predicted octanol–water partition coefficient (Wildman–Crippen LogP) is 3.40. The van der Waals surface area contributed by atoms with E-state index in [1.54, 1.807) is 24.3 Å². The molecule has 0 radical (unpaired) electrons. The van der Waals surface area contributed by atoms with Gasteiger partial charge in [0.1, 0.15) is 11.6 Å². The van der Waals surface area contributed by atoms with E-state index in [0.717, 1.165) is 12.1 Å². The van der Waals surface area contributed by atoms with Gasteiger partial charge in [-0.15, -0.1) is 0 Å². The lowest BCUT2D eigenvalue weighted by molar-refractivity contribution is 0.0697. The molecule has 0 aliphatic rings. The second kappa shape index (κ2) is 7.28. The Morgan fingerprint density at radius 2 is 1.76 bits per heavy atom. The molecule has 0 unspecified atom stereocenters. The van der Waals surface area contributed by atoms with Gasteiger partial charge in [0.05, 0.1) is 12.2 Å². The number of aromatic carboxylic acids is 1. The van der Waals surface area contributed by atoms with E-state index in [1.165, 1.54) is 24.3 Å². The lowest BCUT2D eigenvalue weighted by atomic mass is 10.2. The number of hydrogen-bond acceptors (Lipinski definition) is 3. The number of nitrogens with one attached hydrogen (secondary N) is 1. The molecule has 0 aliphatic carbocycles. The average Bonchev–Trinajstić information content (AvgIpc) is 2.49. The summed E-state index contributed by atoms with van der Waals surface area (Å²) in [6, 6.07) is 12.5. The first-order chi connectivity index (χ1) is 10.1. The molecule has 0 fully saturated rings. The third-order valence-corrected chi connectivity index (χ3v) is 2.86. The zero-order chi connectivity index (χ0) is 15.1. The van der Waals surface area contributed by atoms with E-state index in [9.17, 15) is 9.18 Å². The molecule has 2 aromatic rings. The number of halogens is 1. The van der Waals surface area contributed by atoms with E-state index in [-0.39, 0.29) is 11.4 Å². The molecule has 0 heterocycles. The summed E-state index contributed by atoms with van der Waals surface area (Å²) < 4.78 is 18.2. The average molecular weight is 289 g/mol. The number of ether oxygens (including phenoxy) is 1. The van der Waals surface area contributed by atoms with Gasteiger partial charge in [-0.1, -0.05) is 0 Å². The van der Waals surface area contributed by atoms with Crippen LogP contribution in [-0.2, 0) is 0 Å². The highest BCUT2D eigenvalue weighted by molar-refractivity contribution is 5.87. The molecular weight excluding hydrogens is 273 g/mol. The predicted molar refractivity (Wildman–Crippen MR) is 78.4 cm³/mol. The maximum Gasteiger partial charge on any atom is 0.335 e. The molecule has 110 valence electrons. The molecule has 5 heteroatoms. The molecule has 0 bridgehead atoms. The highest BCUT2D eigenvalue weighted by Gasteiger charge is 2.01. The van der Waals surface area contributed by atoms with Crippen molar-refractivity contribution in [3.05, 3.63) is 59.9 Å². The van der Waals surface area contributed by atoms with Crippen LogP contribution in [0.1, 0.15) is 16.8 Å². The van der Waals surface area contributed by atoms with Crippen LogP contribution in [0, 0.1) is 5.82 Å². The fourth-order valence-corrected chi connectivity index (χ4v) is 1.76. The van der Waals surface area contributed by atoms with Crippen LogP contribution < -0.4 is 10.1 Å². The molecule has 4 nitrogen and oxygen atoms in total. The van der Waals surface area contributed by atoms with Crippen LogP contribution in [-0.4, -0.2) is 24.2 Å². The lowest BCUT2D eigenvalue weighted by Gasteiger charge is -2.08. The third kappa shape index (κ3) is 4.80. The Morgan fingerprint density at radius 1 is 1.10 bits per heavy atom. The number of anilines is 1. The number of carboxylic acids is 1. The molecule has 0 atom stereocenters. The van der Waals surface area contributed by atoms with Crippen molar-refractivity contribution >= 4 is 11.7 Å². The summed E-state index contributed by atoms with van der Waals surface area (Å²) >= 11 is 0. The Morgan fingerprint density at radius 3 is 2.38 bits per heavy atom. The number of carboxylic acid groups (broad SMARTS) is 1. The summed E-state index contributed by atoms with van der Waals surface area (Å²) in [6.07, 6.45) is 0.776. The van der Waals surface area contributed by atoms with Crippen molar-refractivity contribution < 1.29 is 19.0 Å². The largest absolute Gasteiger partial charge is 0.494 e. The summed E-state index contributed by atoms with van der Waals surface area (Å²) in [6.45, 7) is 1.22. The fraction of sp³-hybridized carbons (Fsp3) is 0.188. The Balaban J connectivity index is 1.67. The van der Waals surface area contributed by atoms with Crippen molar-refractivity contribution in [2.24, 2.45) is 0 Å². The highest BCUT2D eigenvalue weighted by atomic mass is 19.1. The van der Waals surface area contributed by atoms with Crippen LogP contribution in [0.3, 0.4) is 0 Å². The maximum absolute atomic E-state index is 12.7. The van der Waals surface area contributed by atoms with Gasteiger partial charge in [-0.25, -0.2) is 9.18 Å². The minimum absolute atomic E-state index is 0.236. The topological polar surface area (TPSA) is 58.6 Å². The minimum Gasteiger partial charge on any atom is -0.494 e. The normalized spacial score (nSPS) is 10.1. The first-order valence-corrected chi connectivity index (χ1v) is 6.61. The third-order valence-electron chi connectivity index (χ3n) is 2.86. The van der Waals surface area contributed by atoms with Crippen LogP contribution >= 0.6 is 0 Å². The van der Waals surface area contributed by atoms with Gasteiger partial charge in [0, 0.05) is 12.2 Å². The van der Waals surface area contributed by atoms with Crippen LogP contribution in [0.4, 0.5) is 10.1 Å². The molecule has 2 rings (SSSR count). The molecule has 0 amide bonds. The first-order valence-electron chi connectivity index (χ1n) is 6.61. The molecule has 0 aromatic heterocycles. The number of carbonyl (C=O) groups is 1. The second-order valence-electron chi connectivity index (χ2n) is 4.47. The molecule has 0 saturated heterocycles. The van der Waals surface area contributed by atoms with Crippen LogP contribution in [0.2, 0.25) is 0 Å². The van der Waals surface area contributed by atoms with Crippen LogP contribution in [0.15, 0.2) is 48.5 Å². The van der Waals surface area contributed by atoms with Gasteiger partial charge >= 0.3 is 5.97 Å². The van der Waals surface area contributed by atoms with Crippen molar-refractivity contribution in [3.63, 3.8) is 0 Å². The smallest absolute Gasteiger partial charge is 0.335 e. The van der Waals surface area contributed by atoms with E-state index < -0.39 is 5.97 Å². The van der Waals surface area contributed by atoms with E-state index in [0.29, 0.717) is 18.9 Å². The summed E-state index contributed by atoms with van der Waals surface area (Å²) in [5.41, 5.74) is 1.10. The van der Waals surface area contributed by atoms with Gasteiger partial charge in [0.2, 0.25) is 0 Å². The van der Waals surface area contributed by atoms with Crippen molar-refractivity contribution in [2.45, 2.75) is 6.42 Å². The SMILES string of the molecule is O=C(O)c1ccc(OCCCNc2ccc(F)cc2)cc1. The van der Waals surface area contributed by atoms with Gasteiger partial charge in [-0.3, -0.25) is 0 Å². The fourth-order valence-electron chi connectivity index (χ4n) is 1.76. The summed E-state index contributed by atoms with van der Waals surface area (Å²) in [5.74, 6) is -0.569. The Hall–Kier alpha value is -2.56. The van der Waals surface area contributed by atoms with E-state index in [1.807, 2.05) is 0 Å². The molecule has 0 spiro atoms. The standard InChI is InChI=1S/C16H16FNO3/c17-13-4-6-14(7-5-13)18-10-1-11-21-15-8-2-12(3-9-15)16(19)20/h2-9,18H,1,10-11H2,(H,19,20). The molecule has 0 aliphatic heterocycles. The molecular formula is C16H16FNO3. The Labute approximate surface area is 122 Å². The van der Waals surface area contributed by atoms with Crippen molar-refractivity contribution in [2.75, 3.05) is 18.5 Å². The van der Waals surface area contributed by atoms with Gasteiger partial charge in [0.25, 0.3) is 0 Å². The Bertz CT molecular complexity index is 581. The number of benzene rings is 2. The quantitative estimate of drug-likeness (QED) is 0.767. The molecule has 2 aromatic carbocycles. The van der Waals surface area contributed by atoms with E-state index in [2.05, 4.69) is 5.32 Å². The summed E-state index contributed by atoms with van der Waals surface area (Å²) in [4.78, 5) is 10.7. The molecule has 21 heavy (non-hydrogen) atoms. The maximum atomic E-state index is 12.7. The summed E-state index contributed by atoms with van der Waals surface area (Å²) in [7, 11) is 0. The molecule has 0 saturated carbocycles. The van der Waals surface area contributed by atoms with Crippen LogP contribution in [0.25, 0.3) is 0 Å². The van der Waals surface area contributed by atoms with Crippen LogP contribution in [0.5, 0.6) is 5.75 Å². The van der Waals surface area contributed by atoms with Gasteiger partial charge < -0.3 is 15.2 Å². The van der Waals surface area contributed by atoms with Crippen molar-refractivity contribution in [1.82, 2.24) is 0 Å². The summed E-state index contributed by atoms with van der Waals surface area (Å²) in [5, 5.41) is 11.9. The monoisotopic (exact) mass is 289 g/mol. The van der Waals surface area contributed by atoms with E-state index in [4.69, 9.17) is 9.84 Å². The second-order valence-corrected chi connectivity index (χ2v) is 4.47. The first kappa shape index (κ1) is 14.8. The van der Waals surface area contributed by atoms with E-state index >= 15 is 0 Å². The van der Waals surface area contributed by atoms with Gasteiger partial charge in [-0.05, 0) is 55.0 Å². The zero-order valence-electron chi connectivity index (χ0n) is 11.4. The zero-order valence-corrected chi connectivity index (χ0v) is 11.4. The van der Waals surface area contributed by atoms with Gasteiger partial charge in [0.15, 0.2) is 0 Å². The van der Waals surface area contributed by atoms with Crippen molar-refractivity contribution in [1.29, 1.82) is 0 Å². The Kier molecular flexibility index (Phi) is 5.15. The van der Waals surface area contributed by atoms with Gasteiger partial charge in [-0.2, -0.15) is 0 Å². The number of hydrogen-bond donors (Lipinski definition) is 2. The minimum atomic E-state index is -0.954.